The van der Waals surface area contributed by atoms with E-state index >= 15 is 0 Å². The van der Waals surface area contributed by atoms with Crippen LogP contribution < -0.4 is 5.32 Å². The average molecular weight is 840 g/mol. The van der Waals surface area contributed by atoms with Gasteiger partial charge in [-0.2, -0.15) is 0 Å². The number of allylic oxidation sites excluding steroid dienone is 10. The number of hydrogen-bond donors (Lipinski definition) is 3. The summed E-state index contributed by atoms with van der Waals surface area (Å²) in [6.07, 6.45) is 58.6. The second-order valence-corrected chi connectivity index (χ2v) is 17.2. The molecule has 0 aliphatic heterocycles. The second-order valence-electron chi connectivity index (χ2n) is 17.2. The van der Waals surface area contributed by atoms with Crippen LogP contribution >= 0.6 is 0 Å². The van der Waals surface area contributed by atoms with Gasteiger partial charge in [0.2, 0.25) is 5.91 Å². The first kappa shape index (κ1) is 57.6. The van der Waals surface area contributed by atoms with Gasteiger partial charge in [-0.1, -0.05) is 229 Å². The lowest BCUT2D eigenvalue weighted by atomic mass is 10.0. The maximum absolute atomic E-state index is 13.1. The summed E-state index contributed by atoms with van der Waals surface area (Å²) in [7, 11) is 0. The summed E-state index contributed by atoms with van der Waals surface area (Å²) in [4.78, 5) is 26.0. The first-order valence-corrected chi connectivity index (χ1v) is 25.5. The number of carbonyl (C=O) groups is 2. The number of nitrogens with one attached hydrogen (secondary N) is 1. The normalized spacial score (nSPS) is 13.8. The summed E-state index contributed by atoms with van der Waals surface area (Å²) in [6.45, 7) is 6.34. The van der Waals surface area contributed by atoms with Gasteiger partial charge in [-0.05, 0) is 64.2 Å². The summed E-state index contributed by atoms with van der Waals surface area (Å²) in [5.41, 5.74) is 0. The molecule has 0 radical (unpaired) electrons. The van der Waals surface area contributed by atoms with Crippen LogP contribution in [0.1, 0.15) is 245 Å². The van der Waals surface area contributed by atoms with Gasteiger partial charge in [0.15, 0.2) is 0 Å². The largest absolute Gasteiger partial charge is 0.462 e. The van der Waals surface area contributed by atoms with E-state index in [1.54, 1.807) is 0 Å². The van der Waals surface area contributed by atoms with Gasteiger partial charge in [0.1, 0.15) is 6.10 Å². The van der Waals surface area contributed by atoms with Crippen molar-refractivity contribution in [3.8, 4) is 0 Å². The van der Waals surface area contributed by atoms with Crippen molar-refractivity contribution in [2.24, 2.45) is 0 Å². The van der Waals surface area contributed by atoms with Crippen molar-refractivity contribution in [3.05, 3.63) is 60.8 Å². The van der Waals surface area contributed by atoms with Crippen molar-refractivity contribution in [2.75, 3.05) is 6.61 Å². The van der Waals surface area contributed by atoms with E-state index in [9.17, 15) is 19.8 Å². The molecule has 0 fully saturated rings. The van der Waals surface area contributed by atoms with E-state index in [1.165, 1.54) is 116 Å². The molecule has 0 aliphatic carbocycles. The molecule has 348 valence electrons. The Kier molecular flexibility index (Phi) is 45.7. The van der Waals surface area contributed by atoms with Gasteiger partial charge in [0.05, 0.1) is 25.2 Å². The maximum Gasteiger partial charge on any atom is 0.306 e. The quantitative estimate of drug-likeness (QED) is 0.0322. The fourth-order valence-electron chi connectivity index (χ4n) is 7.52. The number of aliphatic hydroxyl groups is 2. The highest BCUT2D eigenvalue weighted by Gasteiger charge is 2.24. The SMILES string of the molecule is CC/C=C\C/C=C\C/C=C\C/C=C\C/C=C\CCCC(=O)OC(CCCCCCCCCC)CC(=O)NC(CO)C(O)CCCCCCCCCCCCCCCCCC. The van der Waals surface area contributed by atoms with Gasteiger partial charge in [-0.3, -0.25) is 9.59 Å². The zero-order valence-electron chi connectivity index (χ0n) is 39.6. The minimum absolute atomic E-state index is 0.0548. The van der Waals surface area contributed by atoms with Gasteiger partial charge in [-0.25, -0.2) is 0 Å². The third-order valence-electron chi connectivity index (χ3n) is 11.4. The standard InChI is InChI=1S/C54H97NO5/c1-4-7-10-13-16-19-21-23-25-27-29-31-33-35-38-41-44-47-54(59)60-50(45-42-39-36-18-15-12-9-6-3)48-53(58)55-51(49-56)52(57)46-43-40-37-34-32-30-28-26-24-22-20-17-14-11-8-5-2/h7,10,16,19,23,25,29,31,35,38,50-52,56-57H,4-6,8-9,11-15,17-18,20-22,24,26-28,30,32-34,36-37,39-49H2,1-3H3,(H,55,58)/b10-7-,19-16-,25-23-,31-29-,38-35-. The molecular formula is C54H97NO5. The molecular weight excluding hydrogens is 743 g/mol. The number of ether oxygens (including phenoxy) is 1. The van der Waals surface area contributed by atoms with E-state index < -0.39 is 18.2 Å². The molecule has 0 heterocycles. The van der Waals surface area contributed by atoms with Crippen molar-refractivity contribution in [1.29, 1.82) is 0 Å². The molecule has 0 aromatic rings. The molecule has 0 aliphatic rings. The molecule has 3 atom stereocenters. The van der Waals surface area contributed by atoms with Gasteiger partial charge in [0, 0.05) is 6.42 Å². The third kappa shape index (κ3) is 42.3. The van der Waals surface area contributed by atoms with Gasteiger partial charge < -0.3 is 20.3 Å². The Bertz CT molecular complexity index is 1080. The molecule has 6 heteroatoms. The van der Waals surface area contributed by atoms with Crippen molar-refractivity contribution in [1.82, 2.24) is 5.32 Å². The monoisotopic (exact) mass is 840 g/mol. The summed E-state index contributed by atoms with van der Waals surface area (Å²) in [5.74, 6) is -0.543. The topological polar surface area (TPSA) is 95.9 Å². The van der Waals surface area contributed by atoms with E-state index in [0.29, 0.717) is 25.7 Å². The molecule has 0 rings (SSSR count). The highest BCUT2D eigenvalue weighted by atomic mass is 16.5. The first-order chi connectivity index (χ1) is 29.5. The van der Waals surface area contributed by atoms with E-state index in [0.717, 1.165) is 77.0 Å². The van der Waals surface area contributed by atoms with Crippen molar-refractivity contribution < 1.29 is 24.5 Å². The smallest absolute Gasteiger partial charge is 0.306 e. The lowest BCUT2D eigenvalue weighted by Crippen LogP contribution is -2.46. The molecule has 3 unspecified atom stereocenters. The second kappa shape index (κ2) is 47.6. The van der Waals surface area contributed by atoms with Crippen LogP contribution in [0, 0.1) is 0 Å². The summed E-state index contributed by atoms with van der Waals surface area (Å²) >= 11 is 0. The zero-order chi connectivity index (χ0) is 43.8. The van der Waals surface area contributed by atoms with Crippen LogP contribution in [-0.2, 0) is 14.3 Å². The molecule has 1 amide bonds. The van der Waals surface area contributed by atoms with Crippen molar-refractivity contribution in [2.45, 2.75) is 264 Å². The maximum atomic E-state index is 13.1. The van der Waals surface area contributed by atoms with E-state index in [2.05, 4.69) is 86.8 Å². The summed E-state index contributed by atoms with van der Waals surface area (Å²) < 4.78 is 5.88. The van der Waals surface area contributed by atoms with Crippen LogP contribution in [-0.4, -0.2) is 46.9 Å². The number of rotatable bonds is 45. The molecule has 0 spiro atoms. The first-order valence-electron chi connectivity index (χ1n) is 25.5. The Morgan fingerprint density at radius 1 is 0.500 bits per heavy atom. The average Bonchev–Trinajstić information content (AvgIpc) is 3.24. The van der Waals surface area contributed by atoms with Crippen LogP contribution in [0.3, 0.4) is 0 Å². The molecule has 60 heavy (non-hydrogen) atoms. The van der Waals surface area contributed by atoms with Crippen LogP contribution in [0.2, 0.25) is 0 Å². The minimum Gasteiger partial charge on any atom is -0.462 e. The van der Waals surface area contributed by atoms with E-state index in [-0.39, 0.29) is 24.9 Å². The number of hydrogen-bond acceptors (Lipinski definition) is 5. The van der Waals surface area contributed by atoms with Crippen molar-refractivity contribution in [3.63, 3.8) is 0 Å². The van der Waals surface area contributed by atoms with Crippen LogP contribution in [0.4, 0.5) is 0 Å². The lowest BCUT2D eigenvalue weighted by molar-refractivity contribution is -0.151. The van der Waals surface area contributed by atoms with Gasteiger partial charge >= 0.3 is 5.97 Å². The molecule has 0 aromatic heterocycles. The Balaban J connectivity index is 4.49. The van der Waals surface area contributed by atoms with E-state index in [4.69, 9.17) is 4.74 Å². The zero-order valence-corrected chi connectivity index (χ0v) is 39.6. The molecule has 3 N–H and O–H groups in total. The fraction of sp³-hybridized carbons (Fsp3) is 0.778. The van der Waals surface area contributed by atoms with Crippen molar-refractivity contribution >= 4 is 11.9 Å². The number of unbranched alkanes of at least 4 members (excludes halogenated alkanes) is 23. The van der Waals surface area contributed by atoms with Crippen LogP contribution in [0.15, 0.2) is 60.8 Å². The Morgan fingerprint density at radius 3 is 1.30 bits per heavy atom. The van der Waals surface area contributed by atoms with E-state index in [1.807, 2.05) is 0 Å². The molecule has 0 bridgehead atoms. The molecule has 0 saturated heterocycles. The van der Waals surface area contributed by atoms with Crippen LogP contribution in [0.25, 0.3) is 0 Å². The lowest BCUT2D eigenvalue weighted by Gasteiger charge is -2.24. The summed E-state index contributed by atoms with van der Waals surface area (Å²) in [6, 6.07) is -0.711. The predicted molar refractivity (Wildman–Crippen MR) is 259 cm³/mol. The molecule has 6 nitrogen and oxygen atoms in total. The van der Waals surface area contributed by atoms with Gasteiger partial charge in [-0.15, -0.1) is 0 Å². The number of carbonyl (C=O) groups excluding carboxylic acids is 2. The number of esters is 1. The predicted octanol–water partition coefficient (Wildman–Crippen LogP) is 15.2. The summed E-state index contributed by atoms with van der Waals surface area (Å²) in [5, 5.41) is 23.7. The highest BCUT2D eigenvalue weighted by Crippen LogP contribution is 2.17. The number of aliphatic hydroxyl groups excluding tert-OH is 2. The minimum atomic E-state index is -0.796. The Morgan fingerprint density at radius 2 is 0.883 bits per heavy atom. The Hall–Kier alpha value is -2.44. The highest BCUT2D eigenvalue weighted by molar-refractivity contribution is 5.77. The number of amides is 1. The Labute approximate surface area is 371 Å². The molecule has 0 aromatic carbocycles. The molecule has 0 saturated carbocycles. The fourth-order valence-corrected chi connectivity index (χ4v) is 7.52. The van der Waals surface area contributed by atoms with Crippen LogP contribution in [0.5, 0.6) is 0 Å². The van der Waals surface area contributed by atoms with Gasteiger partial charge in [0.25, 0.3) is 0 Å². The third-order valence-corrected chi connectivity index (χ3v) is 11.4.